The van der Waals surface area contributed by atoms with E-state index in [0.29, 0.717) is 5.78 Å². The summed E-state index contributed by atoms with van der Waals surface area (Å²) in [6.45, 7) is 6.64. The maximum atomic E-state index is 12.8. The van der Waals surface area contributed by atoms with Gasteiger partial charge >= 0.3 is 0 Å². The molecule has 98 valence electrons. The van der Waals surface area contributed by atoms with Crippen LogP contribution in [0.25, 0.3) is 0 Å². The second kappa shape index (κ2) is 5.48. The highest BCUT2D eigenvalue weighted by molar-refractivity contribution is 7.98. The maximum Gasteiger partial charge on any atom is 0.215 e. The summed E-state index contributed by atoms with van der Waals surface area (Å²) in [4.78, 5) is 12.8. The third-order valence-electron chi connectivity index (χ3n) is 3.48. The number of ketones is 1. The number of carbonyl (C=O) groups is 1. The van der Waals surface area contributed by atoms with E-state index < -0.39 is 0 Å². The van der Waals surface area contributed by atoms with Crippen molar-refractivity contribution in [1.82, 2.24) is 0 Å². The number of rotatable bonds is 3. The molecule has 1 aromatic rings. The second-order valence-corrected chi connectivity index (χ2v) is 8.49. The van der Waals surface area contributed by atoms with Crippen molar-refractivity contribution in [3.8, 4) is 0 Å². The zero-order valence-electron chi connectivity index (χ0n) is 11.6. The predicted octanol–water partition coefficient (Wildman–Crippen LogP) is 3.70. The number of benzene rings is 1. The first-order valence-corrected chi connectivity index (χ1v) is 8.38. The zero-order valence-corrected chi connectivity index (χ0v) is 12.4. The Kier molecular flexibility index (Phi) is 4.16. The quantitative estimate of drug-likeness (QED) is 0.600. The smallest absolute Gasteiger partial charge is 0.215 e. The van der Waals surface area contributed by atoms with Gasteiger partial charge in [0.1, 0.15) is 11.5 Å². The Bertz CT molecular complexity index is 399. The van der Waals surface area contributed by atoms with Gasteiger partial charge in [0.15, 0.2) is 5.25 Å². The van der Waals surface area contributed by atoms with E-state index >= 15 is 0 Å². The van der Waals surface area contributed by atoms with E-state index in [1.54, 1.807) is 0 Å². The third kappa shape index (κ3) is 2.97. The van der Waals surface area contributed by atoms with Crippen LogP contribution >= 0.6 is 0 Å². The van der Waals surface area contributed by atoms with Crippen molar-refractivity contribution < 1.29 is 4.79 Å². The molecule has 1 unspecified atom stereocenters. The third-order valence-corrected chi connectivity index (χ3v) is 6.69. The molecule has 1 aliphatic heterocycles. The molecular weight excluding hydrogens is 240 g/mol. The molecule has 1 saturated heterocycles. The van der Waals surface area contributed by atoms with E-state index in [-0.39, 0.29) is 21.6 Å². The molecule has 1 heterocycles. The van der Waals surface area contributed by atoms with Gasteiger partial charge in [0, 0.05) is 11.0 Å². The van der Waals surface area contributed by atoms with Crippen molar-refractivity contribution in [1.29, 1.82) is 0 Å². The van der Waals surface area contributed by atoms with Crippen LogP contribution < -0.4 is 0 Å². The molecule has 0 bridgehead atoms. The molecule has 0 saturated carbocycles. The SMILES string of the molecule is CC(C)(C)C(C(=O)c1ccccc1)[S+]1CCCC1. The molecule has 0 aliphatic carbocycles. The molecule has 1 fully saturated rings. The van der Waals surface area contributed by atoms with Crippen LogP contribution in [0.4, 0.5) is 0 Å². The summed E-state index contributed by atoms with van der Waals surface area (Å²) in [5, 5.41) is 0.197. The van der Waals surface area contributed by atoms with Crippen LogP contribution in [0.2, 0.25) is 0 Å². The van der Waals surface area contributed by atoms with Crippen molar-refractivity contribution in [2.24, 2.45) is 5.41 Å². The zero-order chi connectivity index (χ0) is 13.2. The molecule has 2 heteroatoms. The highest BCUT2D eigenvalue weighted by Crippen LogP contribution is 2.33. The lowest BCUT2D eigenvalue weighted by Gasteiger charge is -2.27. The van der Waals surface area contributed by atoms with Crippen LogP contribution in [0.3, 0.4) is 0 Å². The van der Waals surface area contributed by atoms with Gasteiger partial charge in [0.25, 0.3) is 0 Å². The molecule has 0 amide bonds. The highest BCUT2D eigenvalue weighted by atomic mass is 32.2. The fraction of sp³-hybridized carbons (Fsp3) is 0.562. The van der Waals surface area contributed by atoms with E-state index in [4.69, 9.17) is 0 Å². The van der Waals surface area contributed by atoms with Gasteiger partial charge in [-0.2, -0.15) is 0 Å². The Morgan fingerprint density at radius 1 is 1.11 bits per heavy atom. The Labute approximate surface area is 113 Å². The molecule has 1 aliphatic rings. The van der Waals surface area contributed by atoms with Crippen molar-refractivity contribution >= 4 is 16.7 Å². The minimum absolute atomic E-state index is 0.0698. The highest BCUT2D eigenvalue weighted by Gasteiger charge is 2.46. The van der Waals surface area contributed by atoms with Gasteiger partial charge in [0.05, 0.1) is 0 Å². The Hall–Kier alpha value is -0.760. The van der Waals surface area contributed by atoms with Crippen LogP contribution in [0.5, 0.6) is 0 Å². The predicted molar refractivity (Wildman–Crippen MR) is 80.3 cm³/mol. The van der Waals surface area contributed by atoms with E-state index in [1.807, 2.05) is 30.3 Å². The molecule has 0 N–H and O–H groups in total. The summed E-state index contributed by atoms with van der Waals surface area (Å²) in [7, 11) is 0.285. The first kappa shape index (κ1) is 13.7. The molecule has 1 atom stereocenters. The molecule has 2 rings (SSSR count). The minimum Gasteiger partial charge on any atom is -0.288 e. The number of hydrogen-bond acceptors (Lipinski definition) is 1. The lowest BCUT2D eigenvalue weighted by molar-refractivity contribution is 0.0949. The lowest BCUT2D eigenvalue weighted by atomic mass is 9.87. The van der Waals surface area contributed by atoms with Crippen LogP contribution in [0.15, 0.2) is 30.3 Å². The molecule has 1 nitrogen and oxygen atoms in total. The fourth-order valence-corrected chi connectivity index (χ4v) is 5.98. The van der Waals surface area contributed by atoms with Crippen molar-refractivity contribution in [3.05, 3.63) is 35.9 Å². The van der Waals surface area contributed by atoms with Gasteiger partial charge in [-0.25, -0.2) is 0 Å². The monoisotopic (exact) mass is 263 g/mol. The van der Waals surface area contributed by atoms with Gasteiger partial charge in [-0.15, -0.1) is 0 Å². The number of hydrogen-bond donors (Lipinski definition) is 0. The average molecular weight is 263 g/mol. The van der Waals surface area contributed by atoms with E-state index in [0.717, 1.165) is 5.56 Å². The second-order valence-electron chi connectivity index (χ2n) is 6.13. The lowest BCUT2D eigenvalue weighted by Crippen LogP contribution is -2.42. The van der Waals surface area contributed by atoms with Crippen LogP contribution in [-0.2, 0) is 10.9 Å². The van der Waals surface area contributed by atoms with Crippen molar-refractivity contribution in [2.75, 3.05) is 11.5 Å². The first-order chi connectivity index (χ1) is 8.50. The maximum absolute atomic E-state index is 12.8. The molecule has 18 heavy (non-hydrogen) atoms. The molecule has 0 radical (unpaired) electrons. The topological polar surface area (TPSA) is 17.1 Å². The van der Waals surface area contributed by atoms with Crippen LogP contribution in [0, 0.1) is 5.41 Å². The summed E-state index contributed by atoms with van der Waals surface area (Å²) < 4.78 is 0. The van der Waals surface area contributed by atoms with Crippen molar-refractivity contribution in [2.45, 2.75) is 38.9 Å². The Morgan fingerprint density at radius 3 is 2.17 bits per heavy atom. The van der Waals surface area contributed by atoms with Gasteiger partial charge in [0.2, 0.25) is 5.78 Å². The van der Waals surface area contributed by atoms with Gasteiger partial charge in [-0.05, 0) is 23.7 Å². The largest absolute Gasteiger partial charge is 0.288 e. The molecular formula is C16H23OS+. The van der Waals surface area contributed by atoms with E-state index in [9.17, 15) is 4.79 Å². The normalized spacial score (nSPS) is 18.8. The summed E-state index contributed by atoms with van der Waals surface area (Å²) in [6, 6.07) is 9.82. The average Bonchev–Trinajstić information content (AvgIpc) is 2.82. The summed E-state index contributed by atoms with van der Waals surface area (Å²) in [5.41, 5.74) is 0.956. The van der Waals surface area contributed by atoms with Gasteiger partial charge in [-0.3, -0.25) is 4.79 Å². The summed E-state index contributed by atoms with van der Waals surface area (Å²) >= 11 is 0. The standard InChI is InChI=1S/C16H23OS/c1-16(2,3)15(18-11-7-8-12-18)14(17)13-9-5-4-6-10-13/h4-6,9-10,15H,7-8,11-12H2,1-3H3/q+1. The first-order valence-electron chi connectivity index (χ1n) is 6.76. The summed E-state index contributed by atoms with van der Waals surface area (Å²) in [6.07, 6.45) is 2.61. The van der Waals surface area contributed by atoms with Gasteiger partial charge < -0.3 is 0 Å². The Morgan fingerprint density at radius 2 is 1.67 bits per heavy atom. The van der Waals surface area contributed by atoms with E-state index in [1.165, 1.54) is 24.3 Å². The molecule has 0 spiro atoms. The summed E-state index contributed by atoms with van der Waals surface area (Å²) in [5.74, 6) is 2.86. The van der Waals surface area contributed by atoms with Crippen LogP contribution in [-0.4, -0.2) is 22.5 Å². The van der Waals surface area contributed by atoms with E-state index in [2.05, 4.69) is 20.8 Å². The fourth-order valence-electron chi connectivity index (χ4n) is 2.71. The molecule has 1 aromatic carbocycles. The molecule has 0 aromatic heterocycles. The van der Waals surface area contributed by atoms with Crippen molar-refractivity contribution in [3.63, 3.8) is 0 Å². The number of Topliss-reactive ketones (excluding diaryl/α,β-unsaturated/α-hetero) is 1. The van der Waals surface area contributed by atoms with Crippen LogP contribution in [0.1, 0.15) is 44.0 Å². The van der Waals surface area contributed by atoms with Gasteiger partial charge in [-0.1, -0.05) is 51.1 Å². The minimum atomic E-state index is 0.0698. The Balaban J connectivity index is 2.27. The number of carbonyl (C=O) groups excluding carboxylic acids is 1.